The van der Waals surface area contributed by atoms with E-state index in [4.69, 9.17) is 0 Å². The highest BCUT2D eigenvalue weighted by Crippen LogP contribution is 2.14. The number of urea groups is 2. The lowest BCUT2D eigenvalue weighted by Crippen LogP contribution is -2.30. The zero-order chi connectivity index (χ0) is 18.1. The van der Waals surface area contributed by atoms with Crippen molar-refractivity contribution < 1.29 is 14.0 Å². The molecule has 4 N–H and O–H groups in total. The molecule has 0 saturated heterocycles. The summed E-state index contributed by atoms with van der Waals surface area (Å²) in [5.74, 6) is -0.282. The Kier molecular flexibility index (Phi) is 6.76. The van der Waals surface area contributed by atoms with Crippen LogP contribution in [0, 0.1) is 5.82 Å². The average Bonchev–Trinajstić information content (AvgIpc) is 2.57. The maximum Gasteiger partial charge on any atom is 0.319 e. The van der Waals surface area contributed by atoms with E-state index < -0.39 is 0 Å². The normalized spacial score (nSPS) is 10.0. The Labute approximate surface area is 145 Å². The number of anilines is 2. The number of benzene rings is 2. The Balaban J connectivity index is 1.79. The van der Waals surface area contributed by atoms with Crippen molar-refractivity contribution in [2.75, 3.05) is 23.7 Å². The van der Waals surface area contributed by atoms with Crippen molar-refractivity contribution in [3.8, 4) is 0 Å². The monoisotopic (exact) mass is 344 g/mol. The standard InChI is InChI=1S/C18H21FN4O2/c1-2-20-17(24)22-15-4-3-5-16(12-15)23-18(25)21-11-10-13-6-8-14(19)9-7-13/h3-9,12H,2,10-11H2,1H3,(H2,20,22,24)(H2,21,23,25). The maximum atomic E-state index is 12.8. The highest BCUT2D eigenvalue weighted by atomic mass is 19.1. The molecular weight excluding hydrogens is 323 g/mol. The van der Waals surface area contributed by atoms with Gasteiger partial charge in [-0.25, -0.2) is 14.0 Å². The van der Waals surface area contributed by atoms with Gasteiger partial charge >= 0.3 is 12.1 Å². The smallest absolute Gasteiger partial charge is 0.319 e. The lowest BCUT2D eigenvalue weighted by Gasteiger charge is -2.10. The number of carbonyl (C=O) groups excluding carboxylic acids is 2. The SMILES string of the molecule is CCNC(=O)Nc1cccc(NC(=O)NCCc2ccc(F)cc2)c1. The Morgan fingerprint density at radius 2 is 1.52 bits per heavy atom. The molecule has 2 aromatic rings. The van der Waals surface area contributed by atoms with Crippen molar-refractivity contribution >= 4 is 23.4 Å². The quantitative estimate of drug-likeness (QED) is 0.648. The van der Waals surface area contributed by atoms with Gasteiger partial charge in [0.05, 0.1) is 0 Å². The molecule has 0 bridgehead atoms. The Hall–Kier alpha value is -3.09. The van der Waals surface area contributed by atoms with E-state index >= 15 is 0 Å². The largest absolute Gasteiger partial charge is 0.338 e. The molecule has 6 nitrogen and oxygen atoms in total. The van der Waals surface area contributed by atoms with E-state index in [-0.39, 0.29) is 17.9 Å². The van der Waals surface area contributed by atoms with Gasteiger partial charge in [-0.1, -0.05) is 18.2 Å². The molecule has 25 heavy (non-hydrogen) atoms. The maximum absolute atomic E-state index is 12.8. The number of amides is 4. The van der Waals surface area contributed by atoms with Gasteiger partial charge in [-0.2, -0.15) is 0 Å². The topological polar surface area (TPSA) is 82.3 Å². The number of hydrogen-bond acceptors (Lipinski definition) is 2. The molecule has 0 unspecified atom stereocenters. The van der Waals surface area contributed by atoms with Crippen molar-refractivity contribution in [1.29, 1.82) is 0 Å². The first-order chi connectivity index (χ1) is 12.1. The van der Waals surface area contributed by atoms with E-state index in [1.54, 1.807) is 36.4 Å². The van der Waals surface area contributed by atoms with Crippen molar-refractivity contribution in [1.82, 2.24) is 10.6 Å². The lowest BCUT2D eigenvalue weighted by molar-refractivity contribution is 0.251. The summed E-state index contributed by atoms with van der Waals surface area (Å²) >= 11 is 0. The van der Waals surface area contributed by atoms with Crippen LogP contribution in [0.1, 0.15) is 12.5 Å². The predicted molar refractivity (Wildman–Crippen MR) is 96.3 cm³/mol. The molecule has 0 saturated carbocycles. The highest BCUT2D eigenvalue weighted by Gasteiger charge is 2.04. The molecule has 0 aliphatic heterocycles. The second-order valence-electron chi connectivity index (χ2n) is 5.32. The minimum Gasteiger partial charge on any atom is -0.338 e. The minimum absolute atomic E-state index is 0.282. The van der Waals surface area contributed by atoms with Crippen molar-refractivity contribution in [3.63, 3.8) is 0 Å². The van der Waals surface area contributed by atoms with Crippen LogP contribution in [0.3, 0.4) is 0 Å². The summed E-state index contributed by atoms with van der Waals surface area (Å²) in [5, 5.41) is 10.7. The molecule has 132 valence electrons. The molecule has 2 rings (SSSR count). The van der Waals surface area contributed by atoms with Crippen molar-refractivity contribution in [2.24, 2.45) is 0 Å². The van der Waals surface area contributed by atoms with Gasteiger partial charge in [-0.15, -0.1) is 0 Å². The van der Waals surface area contributed by atoms with Crippen molar-refractivity contribution in [3.05, 3.63) is 59.9 Å². The fourth-order valence-corrected chi connectivity index (χ4v) is 2.16. The molecule has 0 aliphatic rings. The molecule has 0 atom stereocenters. The van der Waals surface area contributed by atoms with Gasteiger partial charge in [-0.05, 0) is 49.2 Å². The van der Waals surface area contributed by atoms with Crippen LogP contribution in [-0.2, 0) is 6.42 Å². The number of nitrogens with one attached hydrogen (secondary N) is 4. The third-order valence-corrected chi connectivity index (χ3v) is 3.33. The molecule has 7 heteroatoms. The van der Waals surface area contributed by atoms with E-state index in [0.717, 1.165) is 5.56 Å². The van der Waals surface area contributed by atoms with Gasteiger partial charge in [0.1, 0.15) is 5.82 Å². The van der Waals surface area contributed by atoms with E-state index in [0.29, 0.717) is 30.9 Å². The number of hydrogen-bond donors (Lipinski definition) is 4. The van der Waals surface area contributed by atoms with E-state index in [1.165, 1.54) is 12.1 Å². The summed E-state index contributed by atoms with van der Waals surface area (Å²) in [4.78, 5) is 23.4. The van der Waals surface area contributed by atoms with Crippen LogP contribution in [0.4, 0.5) is 25.4 Å². The van der Waals surface area contributed by atoms with Crippen LogP contribution in [-0.4, -0.2) is 25.2 Å². The first kappa shape index (κ1) is 18.3. The third kappa shape index (κ3) is 6.50. The first-order valence-electron chi connectivity index (χ1n) is 8.01. The van der Waals surface area contributed by atoms with Crippen LogP contribution in [0.5, 0.6) is 0 Å². The molecular formula is C18H21FN4O2. The van der Waals surface area contributed by atoms with Crippen LogP contribution in [0.25, 0.3) is 0 Å². The van der Waals surface area contributed by atoms with Gasteiger partial charge in [0.25, 0.3) is 0 Å². The molecule has 0 fully saturated rings. The van der Waals surface area contributed by atoms with Gasteiger partial charge in [0.2, 0.25) is 0 Å². The summed E-state index contributed by atoms with van der Waals surface area (Å²) in [6.07, 6.45) is 0.604. The van der Waals surface area contributed by atoms with Gasteiger partial charge < -0.3 is 21.3 Å². The summed E-state index contributed by atoms with van der Waals surface area (Å²) in [7, 11) is 0. The lowest BCUT2D eigenvalue weighted by atomic mass is 10.1. The summed E-state index contributed by atoms with van der Waals surface area (Å²) in [5.41, 5.74) is 2.08. The Morgan fingerprint density at radius 1 is 0.920 bits per heavy atom. The zero-order valence-corrected chi connectivity index (χ0v) is 13.9. The second-order valence-corrected chi connectivity index (χ2v) is 5.32. The Morgan fingerprint density at radius 3 is 2.12 bits per heavy atom. The fourth-order valence-electron chi connectivity index (χ4n) is 2.16. The van der Waals surface area contributed by atoms with E-state index in [2.05, 4.69) is 21.3 Å². The second kappa shape index (κ2) is 9.27. The van der Waals surface area contributed by atoms with E-state index in [9.17, 15) is 14.0 Å². The Bertz CT molecular complexity index is 719. The molecule has 2 aromatic carbocycles. The number of carbonyl (C=O) groups is 2. The predicted octanol–water partition coefficient (Wildman–Crippen LogP) is 3.33. The summed E-state index contributed by atoms with van der Waals surface area (Å²) in [6.45, 7) is 2.78. The van der Waals surface area contributed by atoms with E-state index in [1.807, 2.05) is 6.92 Å². The molecule has 0 radical (unpaired) electrons. The number of halogens is 1. The summed E-state index contributed by atoms with van der Waals surface area (Å²) in [6, 6.07) is 12.3. The summed E-state index contributed by atoms with van der Waals surface area (Å²) < 4.78 is 12.8. The molecule has 0 aromatic heterocycles. The molecule has 0 aliphatic carbocycles. The molecule has 0 heterocycles. The van der Waals surface area contributed by atoms with Gasteiger partial charge in [0.15, 0.2) is 0 Å². The molecule has 4 amide bonds. The van der Waals surface area contributed by atoms with Crippen LogP contribution < -0.4 is 21.3 Å². The van der Waals surface area contributed by atoms with Crippen LogP contribution in [0.15, 0.2) is 48.5 Å². The van der Waals surface area contributed by atoms with Crippen molar-refractivity contribution in [2.45, 2.75) is 13.3 Å². The van der Waals surface area contributed by atoms with Gasteiger partial charge in [-0.3, -0.25) is 0 Å². The fraction of sp³-hybridized carbons (Fsp3) is 0.222. The highest BCUT2D eigenvalue weighted by molar-refractivity contribution is 5.92. The van der Waals surface area contributed by atoms with Gasteiger partial charge in [0, 0.05) is 24.5 Å². The van der Waals surface area contributed by atoms with Crippen LogP contribution >= 0.6 is 0 Å². The third-order valence-electron chi connectivity index (χ3n) is 3.33. The zero-order valence-electron chi connectivity index (χ0n) is 13.9. The average molecular weight is 344 g/mol. The van der Waals surface area contributed by atoms with Crippen LogP contribution in [0.2, 0.25) is 0 Å². The molecule has 0 spiro atoms. The minimum atomic E-state index is -0.350. The number of rotatable bonds is 6. The first-order valence-corrected chi connectivity index (χ1v) is 8.01.